The lowest BCUT2D eigenvalue weighted by molar-refractivity contribution is -0.145. The Balaban J connectivity index is 2.57. The third kappa shape index (κ3) is 2.25. The second kappa shape index (κ2) is 5.07. The van der Waals surface area contributed by atoms with E-state index in [2.05, 4.69) is 0 Å². The van der Waals surface area contributed by atoms with E-state index in [1.807, 2.05) is 0 Å². The summed E-state index contributed by atoms with van der Waals surface area (Å²) in [6.45, 7) is 0. The standard InChI is InChI=1S/C14H17FO4/c1-19-9-7-10(15)12(11(16)8-9)14(13(17)18)5-3-2-4-6-14/h7-8,16H,2-6H2,1H3,(H,17,18). The number of carboxylic acids is 1. The number of aliphatic carboxylic acids is 1. The van der Waals surface area contributed by atoms with E-state index in [9.17, 15) is 19.4 Å². The van der Waals surface area contributed by atoms with Crippen LogP contribution in [0.25, 0.3) is 0 Å². The molecule has 0 radical (unpaired) electrons. The van der Waals surface area contributed by atoms with Crippen LogP contribution in [0.4, 0.5) is 4.39 Å². The third-order valence-electron chi connectivity index (χ3n) is 3.87. The Hall–Kier alpha value is -1.78. The van der Waals surface area contributed by atoms with Gasteiger partial charge in [0.15, 0.2) is 0 Å². The highest BCUT2D eigenvalue weighted by molar-refractivity contribution is 5.83. The Labute approximate surface area is 110 Å². The van der Waals surface area contributed by atoms with Crippen molar-refractivity contribution in [1.29, 1.82) is 0 Å². The second-order valence-electron chi connectivity index (χ2n) is 4.95. The molecule has 1 aromatic rings. The summed E-state index contributed by atoms with van der Waals surface area (Å²) in [4.78, 5) is 11.6. The maximum Gasteiger partial charge on any atom is 0.314 e. The lowest BCUT2D eigenvalue weighted by Crippen LogP contribution is -2.38. The van der Waals surface area contributed by atoms with Crippen LogP contribution in [0.15, 0.2) is 12.1 Å². The van der Waals surface area contributed by atoms with Crippen LogP contribution in [0.5, 0.6) is 11.5 Å². The molecule has 1 aliphatic carbocycles. The van der Waals surface area contributed by atoms with Gasteiger partial charge in [-0.2, -0.15) is 0 Å². The topological polar surface area (TPSA) is 66.8 Å². The van der Waals surface area contributed by atoms with E-state index in [1.165, 1.54) is 13.2 Å². The normalized spacial score (nSPS) is 18.0. The molecule has 0 bridgehead atoms. The van der Waals surface area contributed by atoms with Gasteiger partial charge in [0.05, 0.1) is 12.5 Å². The second-order valence-corrected chi connectivity index (χ2v) is 4.95. The molecule has 0 aliphatic heterocycles. The molecule has 4 nitrogen and oxygen atoms in total. The SMILES string of the molecule is COc1cc(O)c(C2(C(=O)O)CCCCC2)c(F)c1. The molecule has 1 saturated carbocycles. The maximum absolute atomic E-state index is 14.2. The van der Waals surface area contributed by atoms with E-state index >= 15 is 0 Å². The average molecular weight is 268 g/mol. The zero-order chi connectivity index (χ0) is 14.0. The molecule has 2 rings (SSSR count). The molecule has 19 heavy (non-hydrogen) atoms. The van der Waals surface area contributed by atoms with Gasteiger partial charge >= 0.3 is 5.97 Å². The zero-order valence-corrected chi connectivity index (χ0v) is 10.8. The number of carbonyl (C=O) groups is 1. The first kappa shape index (κ1) is 13.6. The van der Waals surface area contributed by atoms with Gasteiger partial charge in [0.1, 0.15) is 17.3 Å². The van der Waals surface area contributed by atoms with Gasteiger partial charge in [-0.3, -0.25) is 4.79 Å². The lowest BCUT2D eigenvalue weighted by atomic mass is 9.69. The van der Waals surface area contributed by atoms with Crippen molar-refractivity contribution in [2.45, 2.75) is 37.5 Å². The summed E-state index contributed by atoms with van der Waals surface area (Å²) in [7, 11) is 1.36. The number of halogens is 1. The number of phenolic OH excluding ortho intramolecular Hbond substituents is 1. The van der Waals surface area contributed by atoms with Crippen molar-refractivity contribution in [2.75, 3.05) is 7.11 Å². The molecule has 0 amide bonds. The summed E-state index contributed by atoms with van der Waals surface area (Å²) in [6, 6.07) is 2.38. The van der Waals surface area contributed by atoms with E-state index in [1.54, 1.807) is 0 Å². The van der Waals surface area contributed by atoms with Gasteiger partial charge in [0, 0.05) is 17.7 Å². The Morgan fingerprint density at radius 1 is 1.32 bits per heavy atom. The van der Waals surface area contributed by atoms with Gasteiger partial charge in [0.25, 0.3) is 0 Å². The Morgan fingerprint density at radius 3 is 2.42 bits per heavy atom. The zero-order valence-electron chi connectivity index (χ0n) is 10.8. The third-order valence-corrected chi connectivity index (χ3v) is 3.87. The van der Waals surface area contributed by atoms with Crippen LogP contribution in [0.2, 0.25) is 0 Å². The molecule has 0 heterocycles. The number of rotatable bonds is 3. The summed E-state index contributed by atoms with van der Waals surface area (Å²) in [6.07, 6.45) is 3.07. The largest absolute Gasteiger partial charge is 0.507 e. The minimum Gasteiger partial charge on any atom is -0.507 e. The van der Waals surface area contributed by atoms with Crippen molar-refractivity contribution >= 4 is 5.97 Å². The van der Waals surface area contributed by atoms with Crippen molar-refractivity contribution < 1.29 is 24.1 Å². The number of carboxylic acid groups (broad SMARTS) is 1. The summed E-state index contributed by atoms with van der Waals surface area (Å²) < 4.78 is 19.0. The highest BCUT2D eigenvalue weighted by Crippen LogP contribution is 2.45. The van der Waals surface area contributed by atoms with Crippen molar-refractivity contribution in [1.82, 2.24) is 0 Å². The van der Waals surface area contributed by atoms with Gasteiger partial charge in [-0.1, -0.05) is 19.3 Å². The van der Waals surface area contributed by atoms with E-state index in [-0.39, 0.29) is 17.1 Å². The summed E-state index contributed by atoms with van der Waals surface area (Å²) in [5, 5.41) is 19.5. The molecule has 0 unspecified atom stereocenters. The van der Waals surface area contributed by atoms with Crippen molar-refractivity contribution in [3.63, 3.8) is 0 Å². The summed E-state index contributed by atoms with van der Waals surface area (Å²) in [5.41, 5.74) is -1.43. The molecular formula is C14H17FO4. The van der Waals surface area contributed by atoms with Gasteiger partial charge in [-0.15, -0.1) is 0 Å². The van der Waals surface area contributed by atoms with Gasteiger partial charge in [-0.25, -0.2) is 4.39 Å². The first-order valence-corrected chi connectivity index (χ1v) is 6.31. The van der Waals surface area contributed by atoms with Crippen LogP contribution in [-0.2, 0) is 10.2 Å². The van der Waals surface area contributed by atoms with Crippen LogP contribution < -0.4 is 4.74 Å². The molecule has 0 atom stereocenters. The van der Waals surface area contributed by atoms with Gasteiger partial charge in [-0.05, 0) is 12.8 Å². The van der Waals surface area contributed by atoms with E-state index in [0.717, 1.165) is 25.3 Å². The fraction of sp³-hybridized carbons (Fsp3) is 0.500. The number of hydrogen-bond acceptors (Lipinski definition) is 3. The Bertz CT molecular complexity index is 469. The predicted molar refractivity (Wildman–Crippen MR) is 67.0 cm³/mol. The highest BCUT2D eigenvalue weighted by Gasteiger charge is 2.45. The van der Waals surface area contributed by atoms with Crippen LogP contribution >= 0.6 is 0 Å². The molecule has 0 aromatic heterocycles. The van der Waals surface area contributed by atoms with E-state index in [0.29, 0.717) is 12.8 Å². The van der Waals surface area contributed by atoms with Crippen LogP contribution in [0.1, 0.15) is 37.7 Å². The number of hydrogen-bond donors (Lipinski definition) is 2. The maximum atomic E-state index is 14.2. The van der Waals surface area contributed by atoms with Crippen LogP contribution in [-0.4, -0.2) is 23.3 Å². The monoisotopic (exact) mass is 268 g/mol. The minimum absolute atomic E-state index is 0.111. The molecule has 1 aromatic carbocycles. The highest BCUT2D eigenvalue weighted by atomic mass is 19.1. The summed E-state index contributed by atoms with van der Waals surface area (Å²) >= 11 is 0. The number of methoxy groups -OCH3 is 1. The smallest absolute Gasteiger partial charge is 0.314 e. The van der Waals surface area contributed by atoms with Crippen molar-refractivity contribution in [2.24, 2.45) is 0 Å². The van der Waals surface area contributed by atoms with Gasteiger partial charge in [0.2, 0.25) is 0 Å². The Kier molecular flexibility index (Phi) is 3.64. The molecular weight excluding hydrogens is 251 g/mol. The molecule has 5 heteroatoms. The van der Waals surface area contributed by atoms with Crippen molar-refractivity contribution in [3.05, 3.63) is 23.5 Å². The minimum atomic E-state index is -1.32. The molecule has 1 aliphatic rings. The van der Waals surface area contributed by atoms with Crippen LogP contribution in [0, 0.1) is 5.82 Å². The predicted octanol–water partition coefficient (Wildman–Crippen LogP) is 2.83. The lowest BCUT2D eigenvalue weighted by Gasteiger charge is -2.34. The first-order valence-electron chi connectivity index (χ1n) is 6.31. The fourth-order valence-corrected chi connectivity index (χ4v) is 2.89. The van der Waals surface area contributed by atoms with Crippen molar-refractivity contribution in [3.8, 4) is 11.5 Å². The van der Waals surface area contributed by atoms with E-state index < -0.39 is 17.2 Å². The van der Waals surface area contributed by atoms with Crippen LogP contribution in [0.3, 0.4) is 0 Å². The molecule has 104 valence electrons. The molecule has 1 fully saturated rings. The number of phenols is 1. The molecule has 2 N–H and O–H groups in total. The van der Waals surface area contributed by atoms with Gasteiger partial charge < -0.3 is 14.9 Å². The van der Waals surface area contributed by atoms with E-state index in [4.69, 9.17) is 4.74 Å². The fourth-order valence-electron chi connectivity index (χ4n) is 2.89. The molecule has 0 spiro atoms. The number of ether oxygens (including phenoxy) is 1. The average Bonchev–Trinajstić information content (AvgIpc) is 2.38. The summed E-state index contributed by atoms with van der Waals surface area (Å²) in [5.74, 6) is -1.97. The quantitative estimate of drug-likeness (QED) is 0.884. The first-order chi connectivity index (χ1) is 9.01. The molecule has 0 saturated heterocycles. The number of benzene rings is 1. The number of aromatic hydroxyl groups is 1. The Morgan fingerprint density at radius 2 is 1.95 bits per heavy atom.